The predicted octanol–water partition coefficient (Wildman–Crippen LogP) is 2.77. The van der Waals surface area contributed by atoms with Gasteiger partial charge in [0.15, 0.2) is 0 Å². The Balaban J connectivity index is 2.00. The first kappa shape index (κ1) is 15.8. The van der Waals surface area contributed by atoms with Crippen LogP contribution in [0.25, 0.3) is 0 Å². The van der Waals surface area contributed by atoms with Crippen molar-refractivity contribution >= 4 is 5.91 Å². The number of methoxy groups -OCH3 is 1. The second-order valence-corrected chi connectivity index (χ2v) is 5.73. The summed E-state index contributed by atoms with van der Waals surface area (Å²) in [5, 5.41) is 10.4. The zero-order valence-electron chi connectivity index (χ0n) is 12.9. The SMILES string of the molecule is CCC1CCC(=O)N(CC(O)c2cccc(OC)c2)CC1. The van der Waals surface area contributed by atoms with E-state index >= 15 is 0 Å². The molecule has 1 aliphatic heterocycles. The third-order valence-electron chi connectivity index (χ3n) is 4.38. The third kappa shape index (κ3) is 4.21. The van der Waals surface area contributed by atoms with Gasteiger partial charge in [-0.3, -0.25) is 4.79 Å². The van der Waals surface area contributed by atoms with Crippen LogP contribution >= 0.6 is 0 Å². The molecule has 1 heterocycles. The van der Waals surface area contributed by atoms with E-state index in [9.17, 15) is 9.90 Å². The fraction of sp³-hybridized carbons (Fsp3) is 0.588. The summed E-state index contributed by atoms with van der Waals surface area (Å²) in [4.78, 5) is 14.0. The number of benzene rings is 1. The predicted molar refractivity (Wildman–Crippen MR) is 82.2 cm³/mol. The van der Waals surface area contributed by atoms with Gasteiger partial charge >= 0.3 is 0 Å². The molecule has 2 rings (SSSR count). The Morgan fingerprint density at radius 3 is 2.95 bits per heavy atom. The van der Waals surface area contributed by atoms with Crippen molar-refractivity contribution in [3.8, 4) is 5.75 Å². The summed E-state index contributed by atoms with van der Waals surface area (Å²) in [6.07, 6.45) is 3.07. The summed E-state index contributed by atoms with van der Waals surface area (Å²) in [5.41, 5.74) is 0.790. The summed E-state index contributed by atoms with van der Waals surface area (Å²) in [7, 11) is 1.61. The van der Waals surface area contributed by atoms with Gasteiger partial charge in [-0.25, -0.2) is 0 Å². The first-order chi connectivity index (χ1) is 10.1. The molecule has 0 saturated carbocycles. The molecule has 4 heteroatoms. The van der Waals surface area contributed by atoms with E-state index in [1.807, 2.05) is 24.3 Å². The molecule has 1 aliphatic rings. The van der Waals surface area contributed by atoms with Gasteiger partial charge < -0.3 is 14.7 Å². The number of β-amino-alcohol motifs (C(OH)–C–C–N with tert-alkyl or cyclic N) is 1. The minimum absolute atomic E-state index is 0.160. The van der Waals surface area contributed by atoms with Gasteiger partial charge in [-0.2, -0.15) is 0 Å². The zero-order valence-corrected chi connectivity index (χ0v) is 12.9. The second kappa shape index (κ2) is 7.46. The van der Waals surface area contributed by atoms with E-state index in [1.165, 1.54) is 0 Å². The van der Waals surface area contributed by atoms with Crippen LogP contribution in [0.4, 0.5) is 0 Å². The van der Waals surface area contributed by atoms with Crippen LogP contribution in [0.2, 0.25) is 0 Å². The molecule has 1 aromatic carbocycles. The quantitative estimate of drug-likeness (QED) is 0.907. The Bertz CT molecular complexity index is 475. The maximum absolute atomic E-state index is 12.2. The number of rotatable bonds is 5. The summed E-state index contributed by atoms with van der Waals surface area (Å²) >= 11 is 0. The van der Waals surface area contributed by atoms with Crippen LogP contribution in [-0.4, -0.2) is 36.1 Å². The number of nitrogens with zero attached hydrogens (tertiary/aromatic N) is 1. The molecule has 0 bridgehead atoms. The summed E-state index contributed by atoms with van der Waals surface area (Å²) in [6, 6.07) is 7.39. The number of carbonyl (C=O) groups excluding carboxylic acids is 1. The van der Waals surface area contributed by atoms with Gasteiger partial charge in [0.05, 0.1) is 19.8 Å². The first-order valence-corrected chi connectivity index (χ1v) is 7.73. The molecule has 4 nitrogen and oxygen atoms in total. The van der Waals surface area contributed by atoms with Crippen molar-refractivity contribution in [1.82, 2.24) is 4.90 Å². The molecule has 0 aromatic heterocycles. The number of aliphatic hydroxyl groups is 1. The fourth-order valence-electron chi connectivity index (χ4n) is 2.86. The van der Waals surface area contributed by atoms with Gasteiger partial charge in [-0.1, -0.05) is 25.5 Å². The molecule has 1 amide bonds. The van der Waals surface area contributed by atoms with Crippen molar-refractivity contribution in [3.63, 3.8) is 0 Å². The fourth-order valence-corrected chi connectivity index (χ4v) is 2.86. The Morgan fingerprint density at radius 1 is 1.43 bits per heavy atom. The lowest BCUT2D eigenvalue weighted by Crippen LogP contribution is -2.34. The molecule has 1 aromatic rings. The Labute approximate surface area is 126 Å². The number of hydrogen-bond donors (Lipinski definition) is 1. The van der Waals surface area contributed by atoms with Crippen molar-refractivity contribution in [1.29, 1.82) is 0 Å². The van der Waals surface area contributed by atoms with E-state index in [0.29, 0.717) is 18.9 Å². The van der Waals surface area contributed by atoms with Crippen LogP contribution in [-0.2, 0) is 4.79 Å². The number of amides is 1. The maximum Gasteiger partial charge on any atom is 0.222 e. The maximum atomic E-state index is 12.2. The van der Waals surface area contributed by atoms with Crippen molar-refractivity contribution in [2.45, 2.75) is 38.7 Å². The highest BCUT2D eigenvalue weighted by molar-refractivity contribution is 5.76. The van der Waals surface area contributed by atoms with Gasteiger partial charge in [-0.15, -0.1) is 0 Å². The van der Waals surface area contributed by atoms with E-state index in [1.54, 1.807) is 12.0 Å². The average molecular weight is 291 g/mol. The number of aliphatic hydroxyl groups excluding tert-OH is 1. The molecule has 2 unspecified atom stereocenters. The van der Waals surface area contributed by atoms with Crippen molar-refractivity contribution in [3.05, 3.63) is 29.8 Å². The molecular formula is C17H25NO3. The molecule has 1 fully saturated rings. The number of carbonyl (C=O) groups is 1. The molecule has 1 saturated heterocycles. The van der Waals surface area contributed by atoms with E-state index in [2.05, 4.69) is 6.92 Å². The molecule has 2 atom stereocenters. The highest BCUT2D eigenvalue weighted by atomic mass is 16.5. The molecule has 1 N–H and O–H groups in total. The smallest absolute Gasteiger partial charge is 0.222 e. The van der Waals surface area contributed by atoms with Gasteiger partial charge in [-0.05, 0) is 36.5 Å². The Kier molecular flexibility index (Phi) is 5.62. The lowest BCUT2D eigenvalue weighted by atomic mass is 9.98. The number of likely N-dealkylation sites (tertiary alicyclic amines) is 1. The minimum Gasteiger partial charge on any atom is -0.497 e. The highest BCUT2D eigenvalue weighted by Crippen LogP contribution is 2.24. The van der Waals surface area contributed by atoms with Crippen LogP contribution in [0, 0.1) is 5.92 Å². The minimum atomic E-state index is -0.665. The van der Waals surface area contributed by atoms with Gasteiger partial charge in [0.25, 0.3) is 0 Å². The summed E-state index contributed by atoms with van der Waals surface area (Å²) in [5.74, 6) is 1.51. The third-order valence-corrected chi connectivity index (χ3v) is 4.38. The zero-order chi connectivity index (χ0) is 15.2. The molecular weight excluding hydrogens is 266 g/mol. The van der Waals surface area contributed by atoms with E-state index < -0.39 is 6.10 Å². The topological polar surface area (TPSA) is 49.8 Å². The van der Waals surface area contributed by atoms with Crippen LogP contribution in [0.1, 0.15) is 44.3 Å². The lowest BCUT2D eigenvalue weighted by molar-refractivity contribution is -0.132. The number of hydrogen-bond acceptors (Lipinski definition) is 3. The normalized spacial score (nSPS) is 21.0. The van der Waals surface area contributed by atoms with Crippen LogP contribution in [0.5, 0.6) is 5.75 Å². The van der Waals surface area contributed by atoms with Crippen LogP contribution in [0.3, 0.4) is 0 Å². The molecule has 21 heavy (non-hydrogen) atoms. The van der Waals surface area contributed by atoms with Crippen molar-refractivity contribution in [2.24, 2.45) is 5.92 Å². The molecule has 0 aliphatic carbocycles. The highest BCUT2D eigenvalue weighted by Gasteiger charge is 2.23. The molecule has 0 radical (unpaired) electrons. The van der Waals surface area contributed by atoms with Crippen LogP contribution in [0.15, 0.2) is 24.3 Å². The molecule has 116 valence electrons. The summed E-state index contributed by atoms with van der Waals surface area (Å²) in [6.45, 7) is 3.29. The van der Waals surface area contributed by atoms with Crippen molar-refractivity contribution in [2.75, 3.05) is 20.2 Å². The number of ether oxygens (including phenoxy) is 1. The summed E-state index contributed by atoms with van der Waals surface area (Å²) < 4.78 is 5.17. The Morgan fingerprint density at radius 2 is 2.24 bits per heavy atom. The largest absolute Gasteiger partial charge is 0.497 e. The Hall–Kier alpha value is -1.55. The van der Waals surface area contributed by atoms with E-state index in [4.69, 9.17) is 4.74 Å². The van der Waals surface area contributed by atoms with E-state index in [-0.39, 0.29) is 5.91 Å². The van der Waals surface area contributed by atoms with Gasteiger partial charge in [0, 0.05) is 13.0 Å². The second-order valence-electron chi connectivity index (χ2n) is 5.73. The average Bonchev–Trinajstić information content (AvgIpc) is 2.69. The monoisotopic (exact) mass is 291 g/mol. The van der Waals surface area contributed by atoms with Crippen LogP contribution < -0.4 is 4.74 Å². The van der Waals surface area contributed by atoms with Gasteiger partial charge in [0.1, 0.15) is 5.75 Å². The van der Waals surface area contributed by atoms with Crippen molar-refractivity contribution < 1.29 is 14.6 Å². The standard InChI is InChI=1S/C17H25NO3/c1-3-13-7-8-17(20)18(10-9-13)12-16(19)14-5-4-6-15(11-14)21-2/h4-6,11,13,16,19H,3,7-10,12H2,1-2H3. The lowest BCUT2D eigenvalue weighted by Gasteiger charge is -2.24. The molecule has 0 spiro atoms. The van der Waals surface area contributed by atoms with Gasteiger partial charge in [0.2, 0.25) is 5.91 Å². The first-order valence-electron chi connectivity index (χ1n) is 7.73. The van der Waals surface area contributed by atoms with E-state index in [0.717, 1.165) is 37.1 Å².